The number of nitrogens with one attached hydrogen (secondary N) is 2. The fourth-order valence-electron chi connectivity index (χ4n) is 2.39. The molecule has 2 N–H and O–H groups in total. The third-order valence-corrected chi connectivity index (χ3v) is 3.99. The molecular weight excluding hydrogens is 334 g/mol. The SMILES string of the molecule is Cc1cc(Cl)ccc1N/C=C(/C#N)C(=O)Nc1ccccc1C(C)C. The molecule has 0 aliphatic rings. The average molecular weight is 354 g/mol. The molecule has 0 aliphatic heterocycles. The number of amides is 1. The molecule has 0 saturated heterocycles. The van der Waals surface area contributed by atoms with Gasteiger partial charge in [-0.15, -0.1) is 0 Å². The van der Waals surface area contributed by atoms with Gasteiger partial charge in [0.2, 0.25) is 0 Å². The van der Waals surface area contributed by atoms with Crippen LogP contribution in [0.1, 0.15) is 30.9 Å². The maximum Gasteiger partial charge on any atom is 0.267 e. The maximum absolute atomic E-state index is 12.4. The van der Waals surface area contributed by atoms with Gasteiger partial charge in [-0.1, -0.05) is 43.6 Å². The highest BCUT2D eigenvalue weighted by atomic mass is 35.5. The van der Waals surface area contributed by atoms with Crippen LogP contribution in [0.3, 0.4) is 0 Å². The summed E-state index contributed by atoms with van der Waals surface area (Å²) in [5, 5.41) is 15.7. The van der Waals surface area contributed by atoms with E-state index in [4.69, 9.17) is 11.6 Å². The highest BCUT2D eigenvalue weighted by molar-refractivity contribution is 6.30. The predicted octanol–water partition coefficient (Wildman–Crippen LogP) is 5.23. The number of hydrogen-bond acceptors (Lipinski definition) is 3. The van der Waals surface area contributed by atoms with E-state index in [0.29, 0.717) is 10.7 Å². The van der Waals surface area contributed by atoms with Crippen LogP contribution < -0.4 is 10.6 Å². The summed E-state index contributed by atoms with van der Waals surface area (Å²) in [6, 6.07) is 14.9. The van der Waals surface area contributed by atoms with Gasteiger partial charge in [-0.25, -0.2) is 0 Å². The Morgan fingerprint density at radius 2 is 1.92 bits per heavy atom. The van der Waals surface area contributed by atoms with E-state index in [1.165, 1.54) is 6.20 Å². The first-order valence-electron chi connectivity index (χ1n) is 7.95. The number of halogens is 1. The van der Waals surface area contributed by atoms with Crippen LogP contribution in [0.4, 0.5) is 11.4 Å². The van der Waals surface area contributed by atoms with E-state index in [-0.39, 0.29) is 11.5 Å². The number of nitriles is 1. The molecule has 25 heavy (non-hydrogen) atoms. The topological polar surface area (TPSA) is 64.9 Å². The Labute approximate surface area is 153 Å². The largest absolute Gasteiger partial charge is 0.360 e. The van der Waals surface area contributed by atoms with Crippen molar-refractivity contribution in [1.82, 2.24) is 0 Å². The number of hydrogen-bond donors (Lipinski definition) is 2. The molecule has 0 aromatic heterocycles. The van der Waals surface area contributed by atoms with Gasteiger partial charge in [0.1, 0.15) is 11.6 Å². The highest BCUT2D eigenvalue weighted by Gasteiger charge is 2.13. The smallest absolute Gasteiger partial charge is 0.267 e. The molecule has 128 valence electrons. The fraction of sp³-hybridized carbons (Fsp3) is 0.200. The summed E-state index contributed by atoms with van der Waals surface area (Å²) in [6.45, 7) is 6.00. The van der Waals surface area contributed by atoms with Crippen molar-refractivity contribution in [2.24, 2.45) is 0 Å². The van der Waals surface area contributed by atoms with Crippen LogP contribution in [-0.2, 0) is 4.79 Å². The summed E-state index contributed by atoms with van der Waals surface area (Å²) in [7, 11) is 0. The zero-order valence-corrected chi connectivity index (χ0v) is 15.2. The molecule has 1 amide bonds. The third-order valence-electron chi connectivity index (χ3n) is 3.76. The molecule has 0 aliphatic carbocycles. The molecule has 0 heterocycles. The van der Waals surface area contributed by atoms with E-state index in [1.807, 2.05) is 43.3 Å². The summed E-state index contributed by atoms with van der Waals surface area (Å²) in [5.74, 6) is -0.185. The Bertz CT molecular complexity index is 850. The van der Waals surface area contributed by atoms with E-state index < -0.39 is 5.91 Å². The molecular formula is C20H20ClN3O. The lowest BCUT2D eigenvalue weighted by Gasteiger charge is -2.13. The van der Waals surface area contributed by atoms with Crippen molar-refractivity contribution in [3.8, 4) is 6.07 Å². The first kappa shape index (κ1) is 18.6. The number of nitrogens with zero attached hydrogens (tertiary/aromatic N) is 1. The molecule has 5 heteroatoms. The van der Waals surface area contributed by atoms with Gasteiger partial charge in [-0.05, 0) is 48.2 Å². The lowest BCUT2D eigenvalue weighted by Crippen LogP contribution is -2.16. The first-order valence-corrected chi connectivity index (χ1v) is 8.33. The Morgan fingerprint density at radius 3 is 2.56 bits per heavy atom. The first-order chi connectivity index (χ1) is 11.9. The van der Waals surface area contributed by atoms with Crippen molar-refractivity contribution in [3.63, 3.8) is 0 Å². The van der Waals surface area contributed by atoms with Crippen molar-refractivity contribution < 1.29 is 4.79 Å². The van der Waals surface area contributed by atoms with Gasteiger partial charge in [0.15, 0.2) is 0 Å². The summed E-state index contributed by atoms with van der Waals surface area (Å²) in [4.78, 5) is 12.4. The van der Waals surface area contributed by atoms with Gasteiger partial charge in [0, 0.05) is 22.6 Å². The molecule has 0 fully saturated rings. The van der Waals surface area contributed by atoms with Crippen LogP contribution in [0.5, 0.6) is 0 Å². The van der Waals surface area contributed by atoms with Crippen molar-refractivity contribution in [3.05, 3.63) is 70.4 Å². The second kappa shape index (κ2) is 8.36. The second-order valence-electron chi connectivity index (χ2n) is 5.97. The van der Waals surface area contributed by atoms with Crippen LogP contribution >= 0.6 is 11.6 Å². The Morgan fingerprint density at radius 1 is 1.20 bits per heavy atom. The van der Waals surface area contributed by atoms with Gasteiger partial charge in [0.25, 0.3) is 5.91 Å². The summed E-state index contributed by atoms with van der Waals surface area (Å²) in [5.41, 5.74) is 3.44. The molecule has 0 radical (unpaired) electrons. The molecule has 0 saturated carbocycles. The van der Waals surface area contributed by atoms with Crippen LogP contribution in [0, 0.1) is 18.3 Å². The average Bonchev–Trinajstić information content (AvgIpc) is 2.57. The van der Waals surface area contributed by atoms with Crippen LogP contribution in [0.15, 0.2) is 54.2 Å². The molecule has 2 aromatic carbocycles. The van der Waals surface area contributed by atoms with Gasteiger partial charge >= 0.3 is 0 Å². The zero-order valence-electron chi connectivity index (χ0n) is 14.4. The Hall–Kier alpha value is -2.77. The van der Waals surface area contributed by atoms with Crippen molar-refractivity contribution in [2.45, 2.75) is 26.7 Å². The zero-order chi connectivity index (χ0) is 18.4. The monoisotopic (exact) mass is 353 g/mol. The van der Waals surface area contributed by atoms with E-state index in [0.717, 1.165) is 16.8 Å². The fourth-order valence-corrected chi connectivity index (χ4v) is 2.62. The Kier molecular flexibility index (Phi) is 6.21. The van der Waals surface area contributed by atoms with Gasteiger partial charge in [0.05, 0.1) is 0 Å². The van der Waals surface area contributed by atoms with E-state index in [1.54, 1.807) is 12.1 Å². The van der Waals surface area contributed by atoms with E-state index in [2.05, 4.69) is 24.5 Å². The summed E-state index contributed by atoms with van der Waals surface area (Å²) in [6.07, 6.45) is 1.41. The van der Waals surface area contributed by atoms with Gasteiger partial charge in [-0.3, -0.25) is 4.79 Å². The number of aryl methyl sites for hydroxylation is 1. The molecule has 0 bridgehead atoms. The van der Waals surface area contributed by atoms with Crippen LogP contribution in [0.25, 0.3) is 0 Å². The van der Waals surface area contributed by atoms with Gasteiger partial charge < -0.3 is 10.6 Å². The highest BCUT2D eigenvalue weighted by Crippen LogP contribution is 2.24. The van der Waals surface area contributed by atoms with E-state index >= 15 is 0 Å². The van der Waals surface area contributed by atoms with Crippen LogP contribution in [-0.4, -0.2) is 5.91 Å². The molecule has 4 nitrogen and oxygen atoms in total. The van der Waals surface area contributed by atoms with Gasteiger partial charge in [-0.2, -0.15) is 5.26 Å². The number of para-hydroxylation sites is 1. The number of carbonyl (C=O) groups is 1. The maximum atomic E-state index is 12.4. The van der Waals surface area contributed by atoms with E-state index in [9.17, 15) is 10.1 Å². The number of carbonyl (C=O) groups excluding carboxylic acids is 1. The normalized spacial score (nSPS) is 11.1. The minimum absolute atomic E-state index is 0.00657. The summed E-state index contributed by atoms with van der Waals surface area (Å²) >= 11 is 5.93. The standard InChI is InChI=1S/C20H20ClN3O/c1-13(2)17-6-4-5-7-19(17)24-20(25)15(11-22)12-23-18-9-8-16(21)10-14(18)3/h4-10,12-13,23H,1-3H3,(H,24,25)/b15-12-. The third kappa shape index (κ3) is 4.85. The summed E-state index contributed by atoms with van der Waals surface area (Å²) < 4.78 is 0. The predicted molar refractivity (Wildman–Crippen MR) is 103 cm³/mol. The van der Waals surface area contributed by atoms with Crippen molar-refractivity contribution in [1.29, 1.82) is 5.26 Å². The lowest BCUT2D eigenvalue weighted by molar-refractivity contribution is -0.112. The molecule has 0 atom stereocenters. The second-order valence-corrected chi connectivity index (χ2v) is 6.41. The molecule has 0 unspecified atom stereocenters. The molecule has 2 aromatic rings. The molecule has 2 rings (SSSR count). The van der Waals surface area contributed by atoms with Crippen molar-refractivity contribution >= 4 is 28.9 Å². The minimum atomic E-state index is -0.449. The number of rotatable bonds is 5. The Balaban J connectivity index is 2.17. The van der Waals surface area contributed by atoms with Crippen molar-refractivity contribution in [2.75, 3.05) is 10.6 Å². The molecule has 0 spiro atoms. The number of anilines is 2. The minimum Gasteiger partial charge on any atom is -0.360 e. The quantitative estimate of drug-likeness (QED) is 0.571. The number of benzene rings is 2. The van der Waals surface area contributed by atoms with Crippen LogP contribution in [0.2, 0.25) is 5.02 Å². The lowest BCUT2D eigenvalue weighted by atomic mass is 10.0.